The van der Waals surface area contributed by atoms with Gasteiger partial charge in [0.25, 0.3) is 0 Å². The van der Waals surface area contributed by atoms with Crippen molar-refractivity contribution >= 4 is 10.9 Å². The molecule has 0 fully saturated rings. The second-order valence-electron chi connectivity index (χ2n) is 4.36. The first-order valence-electron chi connectivity index (χ1n) is 6.19. The number of nitrogens with zero attached hydrogens (tertiary/aromatic N) is 1. The molecule has 0 spiro atoms. The molecule has 0 radical (unpaired) electrons. The minimum absolute atomic E-state index is 0.172. The molecule has 0 unspecified atom stereocenters. The van der Waals surface area contributed by atoms with Crippen LogP contribution in [0.5, 0.6) is 11.6 Å². The first-order chi connectivity index (χ1) is 9.76. The summed E-state index contributed by atoms with van der Waals surface area (Å²) < 4.78 is 18.5. The Labute approximate surface area is 115 Å². The van der Waals surface area contributed by atoms with E-state index in [2.05, 4.69) is 4.98 Å². The number of hydrogen-bond acceptors (Lipinski definition) is 3. The third-order valence-corrected chi connectivity index (χ3v) is 2.96. The zero-order chi connectivity index (χ0) is 13.9. The summed E-state index contributed by atoms with van der Waals surface area (Å²) in [5.41, 5.74) is 1.37. The second kappa shape index (κ2) is 5.27. The lowest BCUT2D eigenvalue weighted by Crippen LogP contribution is -1.96. The van der Waals surface area contributed by atoms with Gasteiger partial charge in [0.05, 0.1) is 12.1 Å². The van der Waals surface area contributed by atoms with E-state index in [1.54, 1.807) is 0 Å². The number of hydrogen-bond donors (Lipinski definition) is 1. The van der Waals surface area contributed by atoms with Gasteiger partial charge in [-0.05, 0) is 36.4 Å². The lowest BCUT2D eigenvalue weighted by atomic mass is 10.1. The van der Waals surface area contributed by atoms with E-state index < -0.39 is 0 Å². The minimum Gasteiger partial charge on any atom is -0.439 e. The molecular weight excluding hydrogens is 257 g/mol. The van der Waals surface area contributed by atoms with Crippen molar-refractivity contribution in [3.05, 3.63) is 66.0 Å². The molecule has 20 heavy (non-hydrogen) atoms. The zero-order valence-electron chi connectivity index (χ0n) is 10.6. The lowest BCUT2D eigenvalue weighted by molar-refractivity contribution is 0.275. The van der Waals surface area contributed by atoms with Crippen LogP contribution < -0.4 is 4.74 Å². The summed E-state index contributed by atoms with van der Waals surface area (Å²) >= 11 is 0. The summed E-state index contributed by atoms with van der Waals surface area (Å²) in [4.78, 5) is 4.39. The fraction of sp³-hybridized carbons (Fsp3) is 0.0625. The maximum Gasteiger partial charge on any atom is 0.225 e. The average molecular weight is 269 g/mol. The molecule has 0 atom stereocenters. The highest BCUT2D eigenvalue weighted by Crippen LogP contribution is 2.27. The van der Waals surface area contributed by atoms with Crippen LogP contribution in [0.1, 0.15) is 5.56 Å². The molecule has 0 aliphatic carbocycles. The van der Waals surface area contributed by atoms with Crippen molar-refractivity contribution in [1.82, 2.24) is 4.98 Å². The average Bonchev–Trinajstić information content (AvgIpc) is 2.49. The van der Waals surface area contributed by atoms with Crippen LogP contribution >= 0.6 is 0 Å². The maximum absolute atomic E-state index is 12.9. The van der Waals surface area contributed by atoms with Crippen LogP contribution in [0.15, 0.2) is 54.6 Å². The third-order valence-electron chi connectivity index (χ3n) is 2.96. The van der Waals surface area contributed by atoms with Crippen molar-refractivity contribution in [2.45, 2.75) is 6.61 Å². The summed E-state index contributed by atoms with van der Waals surface area (Å²) in [6.07, 6.45) is 0. The van der Waals surface area contributed by atoms with Gasteiger partial charge in [-0.25, -0.2) is 9.37 Å². The molecule has 100 valence electrons. The smallest absolute Gasteiger partial charge is 0.225 e. The van der Waals surface area contributed by atoms with E-state index >= 15 is 0 Å². The van der Waals surface area contributed by atoms with Gasteiger partial charge in [0.2, 0.25) is 5.88 Å². The lowest BCUT2D eigenvalue weighted by Gasteiger charge is -2.10. The van der Waals surface area contributed by atoms with Crippen LogP contribution in [-0.2, 0) is 6.61 Å². The molecule has 3 rings (SSSR count). The SMILES string of the molecule is OCc1cc2ccccc2nc1Oc1ccc(F)cc1. The Kier molecular flexibility index (Phi) is 3.31. The Morgan fingerprint density at radius 2 is 1.80 bits per heavy atom. The van der Waals surface area contributed by atoms with Crippen LogP contribution in [0.2, 0.25) is 0 Å². The Bertz CT molecular complexity index is 741. The highest BCUT2D eigenvalue weighted by molar-refractivity contribution is 5.80. The topological polar surface area (TPSA) is 42.4 Å². The quantitative estimate of drug-likeness (QED) is 0.789. The van der Waals surface area contributed by atoms with Crippen molar-refractivity contribution in [3.8, 4) is 11.6 Å². The number of aromatic nitrogens is 1. The van der Waals surface area contributed by atoms with Crippen LogP contribution in [0.4, 0.5) is 4.39 Å². The van der Waals surface area contributed by atoms with E-state index in [1.807, 2.05) is 30.3 Å². The van der Waals surface area contributed by atoms with Gasteiger partial charge in [0.1, 0.15) is 11.6 Å². The first kappa shape index (κ1) is 12.6. The highest BCUT2D eigenvalue weighted by atomic mass is 19.1. The molecule has 0 aliphatic heterocycles. The van der Waals surface area contributed by atoms with E-state index in [9.17, 15) is 9.50 Å². The largest absolute Gasteiger partial charge is 0.439 e. The van der Waals surface area contributed by atoms with Gasteiger partial charge in [0, 0.05) is 10.9 Å². The maximum atomic E-state index is 12.9. The van der Waals surface area contributed by atoms with Crippen molar-refractivity contribution in [3.63, 3.8) is 0 Å². The van der Waals surface area contributed by atoms with E-state index in [-0.39, 0.29) is 12.4 Å². The molecule has 1 aromatic heterocycles. The fourth-order valence-corrected chi connectivity index (χ4v) is 1.96. The summed E-state index contributed by atoms with van der Waals surface area (Å²) in [5, 5.41) is 10.4. The number of fused-ring (bicyclic) bond motifs is 1. The number of rotatable bonds is 3. The summed E-state index contributed by atoms with van der Waals surface area (Å²) in [7, 11) is 0. The van der Waals surface area contributed by atoms with E-state index in [1.165, 1.54) is 24.3 Å². The summed E-state index contributed by atoms with van der Waals surface area (Å²) in [6.45, 7) is -0.172. The van der Waals surface area contributed by atoms with Gasteiger partial charge >= 0.3 is 0 Å². The molecule has 4 heteroatoms. The first-order valence-corrected chi connectivity index (χ1v) is 6.19. The van der Waals surface area contributed by atoms with Gasteiger partial charge in [-0.15, -0.1) is 0 Å². The molecule has 2 aromatic carbocycles. The molecule has 1 heterocycles. The Balaban J connectivity index is 2.03. The third kappa shape index (κ3) is 2.46. The van der Waals surface area contributed by atoms with E-state index in [4.69, 9.17) is 4.74 Å². The fourth-order valence-electron chi connectivity index (χ4n) is 1.96. The van der Waals surface area contributed by atoms with E-state index in [0.717, 1.165) is 10.9 Å². The molecule has 0 saturated carbocycles. The molecule has 0 amide bonds. The predicted molar refractivity (Wildman–Crippen MR) is 74.1 cm³/mol. The highest BCUT2D eigenvalue weighted by Gasteiger charge is 2.08. The molecular formula is C16H12FNO2. The number of aliphatic hydroxyl groups excluding tert-OH is 1. The molecule has 3 aromatic rings. The molecule has 1 N–H and O–H groups in total. The van der Waals surface area contributed by atoms with Gasteiger partial charge in [-0.1, -0.05) is 18.2 Å². The molecule has 0 saturated heterocycles. The van der Waals surface area contributed by atoms with Crippen LogP contribution in [0, 0.1) is 5.82 Å². The van der Waals surface area contributed by atoms with Crippen molar-refractivity contribution in [2.75, 3.05) is 0 Å². The zero-order valence-corrected chi connectivity index (χ0v) is 10.6. The minimum atomic E-state index is -0.328. The second-order valence-corrected chi connectivity index (χ2v) is 4.36. The Morgan fingerprint density at radius 1 is 1.05 bits per heavy atom. The molecule has 0 bridgehead atoms. The predicted octanol–water partition coefficient (Wildman–Crippen LogP) is 3.66. The number of ether oxygens (including phenoxy) is 1. The van der Waals surface area contributed by atoms with Crippen molar-refractivity contribution in [1.29, 1.82) is 0 Å². The Hall–Kier alpha value is -2.46. The summed E-state index contributed by atoms with van der Waals surface area (Å²) in [6, 6.07) is 15.1. The Morgan fingerprint density at radius 3 is 2.55 bits per heavy atom. The number of aliphatic hydroxyl groups is 1. The van der Waals surface area contributed by atoms with Gasteiger partial charge in [-0.2, -0.15) is 0 Å². The van der Waals surface area contributed by atoms with Gasteiger partial charge in [0.15, 0.2) is 0 Å². The van der Waals surface area contributed by atoms with Crippen LogP contribution in [0.25, 0.3) is 10.9 Å². The monoisotopic (exact) mass is 269 g/mol. The van der Waals surface area contributed by atoms with Crippen LogP contribution in [0.3, 0.4) is 0 Å². The van der Waals surface area contributed by atoms with Gasteiger partial charge < -0.3 is 9.84 Å². The number of benzene rings is 2. The number of halogens is 1. The standard InChI is InChI=1S/C16H12FNO2/c17-13-5-7-14(8-6-13)20-16-12(10-19)9-11-3-1-2-4-15(11)18-16/h1-9,19H,10H2. The molecule has 3 nitrogen and oxygen atoms in total. The van der Waals surface area contributed by atoms with Crippen molar-refractivity contribution < 1.29 is 14.2 Å². The van der Waals surface area contributed by atoms with Crippen molar-refractivity contribution in [2.24, 2.45) is 0 Å². The van der Waals surface area contributed by atoms with Crippen LogP contribution in [-0.4, -0.2) is 10.1 Å². The number of para-hydroxylation sites is 1. The van der Waals surface area contributed by atoms with E-state index in [0.29, 0.717) is 17.2 Å². The normalized spacial score (nSPS) is 10.7. The molecule has 0 aliphatic rings. The number of pyridine rings is 1. The summed E-state index contributed by atoms with van der Waals surface area (Å²) in [5.74, 6) is 0.480. The van der Waals surface area contributed by atoms with Gasteiger partial charge in [-0.3, -0.25) is 0 Å².